The first kappa shape index (κ1) is 13.6. The fourth-order valence-electron chi connectivity index (χ4n) is 1.55. The monoisotopic (exact) mass is 238 g/mol. The molecule has 0 saturated carbocycles. The smallest absolute Gasteiger partial charge is 0.326 e. The number of carboxylic acids is 1. The van der Waals surface area contributed by atoms with Crippen LogP contribution in [0.25, 0.3) is 0 Å². The highest BCUT2D eigenvalue weighted by Crippen LogP contribution is 2.17. The second kappa shape index (κ2) is 5.75. The molecule has 5 heteroatoms. The number of hydrogen-bond donors (Lipinski definition) is 1. The summed E-state index contributed by atoms with van der Waals surface area (Å²) in [6.07, 6.45) is 3.38. The minimum atomic E-state index is -1.03. The minimum Gasteiger partial charge on any atom is -0.480 e. The molecule has 0 aliphatic carbocycles. The van der Waals surface area contributed by atoms with E-state index in [4.69, 9.17) is 4.74 Å². The number of methoxy groups -OCH3 is 1. The van der Waals surface area contributed by atoms with E-state index < -0.39 is 11.5 Å². The van der Waals surface area contributed by atoms with Crippen molar-refractivity contribution in [1.29, 1.82) is 0 Å². The molecule has 1 heterocycles. The molecule has 1 rings (SSSR count). The van der Waals surface area contributed by atoms with Gasteiger partial charge >= 0.3 is 5.97 Å². The van der Waals surface area contributed by atoms with E-state index in [1.807, 2.05) is 12.1 Å². The van der Waals surface area contributed by atoms with Crippen LogP contribution in [0.3, 0.4) is 0 Å². The van der Waals surface area contributed by atoms with Gasteiger partial charge in [0.2, 0.25) is 0 Å². The molecule has 0 spiro atoms. The van der Waals surface area contributed by atoms with Crippen molar-refractivity contribution in [1.82, 2.24) is 9.88 Å². The summed E-state index contributed by atoms with van der Waals surface area (Å²) in [7, 11) is 3.27. The van der Waals surface area contributed by atoms with Crippen LogP contribution in [-0.2, 0) is 16.1 Å². The van der Waals surface area contributed by atoms with Gasteiger partial charge in [-0.25, -0.2) is 0 Å². The van der Waals surface area contributed by atoms with Crippen LogP contribution in [0, 0.1) is 0 Å². The first-order valence-electron chi connectivity index (χ1n) is 5.33. The molecule has 1 N–H and O–H groups in total. The lowest BCUT2D eigenvalue weighted by molar-refractivity contribution is -0.153. The largest absolute Gasteiger partial charge is 0.480 e. The van der Waals surface area contributed by atoms with Crippen LogP contribution in [0.1, 0.15) is 12.5 Å². The molecule has 1 aromatic heterocycles. The summed E-state index contributed by atoms with van der Waals surface area (Å²) in [6.45, 7) is 2.33. The fourth-order valence-corrected chi connectivity index (χ4v) is 1.55. The number of aliphatic carboxylic acids is 1. The highest BCUT2D eigenvalue weighted by molar-refractivity contribution is 5.78. The van der Waals surface area contributed by atoms with Crippen molar-refractivity contribution < 1.29 is 14.6 Å². The third-order valence-electron chi connectivity index (χ3n) is 2.90. The van der Waals surface area contributed by atoms with Gasteiger partial charge in [0, 0.05) is 26.0 Å². The lowest BCUT2D eigenvalue weighted by atomic mass is 10.0. The lowest BCUT2D eigenvalue weighted by Crippen LogP contribution is -2.53. The molecule has 1 aromatic rings. The maximum atomic E-state index is 11.3. The predicted molar refractivity (Wildman–Crippen MR) is 63.6 cm³/mol. The van der Waals surface area contributed by atoms with E-state index in [1.165, 1.54) is 7.11 Å². The Morgan fingerprint density at radius 2 is 2.12 bits per heavy atom. The Morgan fingerprint density at radius 1 is 1.53 bits per heavy atom. The zero-order chi connectivity index (χ0) is 12.9. The standard InChI is InChI=1S/C12H18N2O3/c1-12(9-17-3,11(15)16)14(2)8-10-4-6-13-7-5-10/h4-7H,8-9H2,1-3H3,(H,15,16). The molecular weight excluding hydrogens is 220 g/mol. The van der Waals surface area contributed by atoms with Crippen molar-refractivity contribution in [3.8, 4) is 0 Å². The highest BCUT2D eigenvalue weighted by Gasteiger charge is 2.37. The Balaban J connectivity index is 2.79. The van der Waals surface area contributed by atoms with Crippen LogP contribution in [0.4, 0.5) is 0 Å². The van der Waals surface area contributed by atoms with Crippen LogP contribution >= 0.6 is 0 Å². The predicted octanol–water partition coefficient (Wildman–Crippen LogP) is 1.00. The van der Waals surface area contributed by atoms with Gasteiger partial charge < -0.3 is 9.84 Å². The molecule has 0 aliphatic rings. The number of aromatic nitrogens is 1. The summed E-state index contributed by atoms with van der Waals surface area (Å²) in [5.74, 6) is -0.893. The number of carboxylic acid groups (broad SMARTS) is 1. The molecule has 0 amide bonds. The van der Waals surface area contributed by atoms with Crippen molar-refractivity contribution in [2.24, 2.45) is 0 Å². The third-order valence-corrected chi connectivity index (χ3v) is 2.90. The summed E-state index contributed by atoms with van der Waals surface area (Å²) in [6, 6.07) is 3.73. The molecule has 0 fully saturated rings. The Bertz CT molecular complexity index is 369. The normalized spacial score (nSPS) is 14.6. The van der Waals surface area contributed by atoms with E-state index >= 15 is 0 Å². The summed E-state index contributed by atoms with van der Waals surface area (Å²) in [5, 5.41) is 9.28. The lowest BCUT2D eigenvalue weighted by Gasteiger charge is -2.34. The zero-order valence-corrected chi connectivity index (χ0v) is 10.4. The van der Waals surface area contributed by atoms with Gasteiger partial charge in [0.25, 0.3) is 0 Å². The number of hydrogen-bond acceptors (Lipinski definition) is 4. The van der Waals surface area contributed by atoms with E-state index in [1.54, 1.807) is 31.3 Å². The van der Waals surface area contributed by atoms with E-state index in [2.05, 4.69) is 4.98 Å². The van der Waals surface area contributed by atoms with Crippen LogP contribution in [0.5, 0.6) is 0 Å². The topological polar surface area (TPSA) is 62.7 Å². The fraction of sp³-hybridized carbons (Fsp3) is 0.500. The quantitative estimate of drug-likeness (QED) is 0.801. The first-order valence-corrected chi connectivity index (χ1v) is 5.33. The molecule has 0 radical (unpaired) electrons. The minimum absolute atomic E-state index is 0.143. The Kier molecular flexibility index (Phi) is 4.60. The van der Waals surface area contributed by atoms with Gasteiger partial charge in [-0.1, -0.05) is 0 Å². The average Bonchev–Trinajstić information content (AvgIpc) is 2.30. The van der Waals surface area contributed by atoms with Crippen molar-refractivity contribution in [3.63, 3.8) is 0 Å². The van der Waals surface area contributed by atoms with Gasteiger partial charge in [-0.2, -0.15) is 0 Å². The van der Waals surface area contributed by atoms with Crippen molar-refractivity contribution in [2.45, 2.75) is 19.0 Å². The third kappa shape index (κ3) is 3.25. The van der Waals surface area contributed by atoms with Gasteiger partial charge in [0.15, 0.2) is 0 Å². The van der Waals surface area contributed by atoms with Crippen LogP contribution < -0.4 is 0 Å². The van der Waals surface area contributed by atoms with Gasteiger partial charge in [-0.15, -0.1) is 0 Å². The highest BCUT2D eigenvalue weighted by atomic mass is 16.5. The van der Waals surface area contributed by atoms with Gasteiger partial charge in [0.05, 0.1) is 6.61 Å². The maximum Gasteiger partial charge on any atom is 0.326 e. The summed E-state index contributed by atoms with van der Waals surface area (Å²) >= 11 is 0. The van der Waals surface area contributed by atoms with Crippen LogP contribution in [-0.4, -0.2) is 47.3 Å². The molecule has 94 valence electrons. The second-order valence-corrected chi connectivity index (χ2v) is 4.22. The molecule has 17 heavy (non-hydrogen) atoms. The molecule has 0 aliphatic heterocycles. The van der Waals surface area contributed by atoms with Crippen LogP contribution in [0.2, 0.25) is 0 Å². The van der Waals surface area contributed by atoms with E-state index in [0.717, 1.165) is 5.56 Å². The molecule has 1 unspecified atom stereocenters. The summed E-state index contributed by atoms with van der Waals surface area (Å²) in [5.41, 5.74) is -0.0102. The molecule has 0 saturated heterocycles. The van der Waals surface area contributed by atoms with E-state index in [9.17, 15) is 9.90 Å². The van der Waals surface area contributed by atoms with Crippen molar-refractivity contribution in [3.05, 3.63) is 30.1 Å². The molecule has 0 aromatic carbocycles. The second-order valence-electron chi connectivity index (χ2n) is 4.22. The zero-order valence-electron chi connectivity index (χ0n) is 10.4. The number of ether oxygens (including phenoxy) is 1. The number of rotatable bonds is 6. The molecule has 5 nitrogen and oxygen atoms in total. The number of carbonyl (C=O) groups is 1. The van der Waals surface area contributed by atoms with Crippen LogP contribution in [0.15, 0.2) is 24.5 Å². The first-order chi connectivity index (χ1) is 8.00. The van der Waals surface area contributed by atoms with E-state index in [-0.39, 0.29) is 6.61 Å². The number of pyridine rings is 1. The van der Waals surface area contributed by atoms with Crippen molar-refractivity contribution >= 4 is 5.97 Å². The maximum absolute atomic E-state index is 11.3. The van der Waals surface area contributed by atoms with Gasteiger partial charge in [-0.3, -0.25) is 14.7 Å². The van der Waals surface area contributed by atoms with E-state index in [0.29, 0.717) is 6.54 Å². The SMILES string of the molecule is COCC(C)(C(=O)O)N(C)Cc1ccncc1. The Hall–Kier alpha value is -1.46. The molecule has 0 bridgehead atoms. The number of nitrogens with zero attached hydrogens (tertiary/aromatic N) is 2. The number of likely N-dealkylation sites (N-methyl/N-ethyl adjacent to an activating group) is 1. The van der Waals surface area contributed by atoms with Gasteiger partial charge in [-0.05, 0) is 31.7 Å². The molecular formula is C12H18N2O3. The Labute approximate surface area is 101 Å². The molecule has 1 atom stereocenters. The Morgan fingerprint density at radius 3 is 2.59 bits per heavy atom. The van der Waals surface area contributed by atoms with Gasteiger partial charge in [0.1, 0.15) is 5.54 Å². The van der Waals surface area contributed by atoms with Crippen molar-refractivity contribution in [2.75, 3.05) is 20.8 Å². The average molecular weight is 238 g/mol. The summed E-state index contributed by atoms with van der Waals surface area (Å²) < 4.78 is 4.99. The summed E-state index contributed by atoms with van der Waals surface area (Å²) in [4.78, 5) is 17.0.